The normalized spacial score (nSPS) is 17.5. The maximum absolute atomic E-state index is 2.39. The first-order chi connectivity index (χ1) is 5.39. The summed E-state index contributed by atoms with van der Waals surface area (Å²) in [6, 6.07) is 0. The standard InChI is InChI=1S/C12H26/c1-7-8-9-10(2)11(3)12(4,5)6/h10-11H,7-9H2,1-6H3. The highest BCUT2D eigenvalue weighted by Gasteiger charge is 2.24. The SMILES string of the molecule is CCCCC(C)C(C)C(C)(C)C. The van der Waals surface area contributed by atoms with Crippen LogP contribution in [0.15, 0.2) is 0 Å². The van der Waals surface area contributed by atoms with Crippen LogP contribution in [0.3, 0.4) is 0 Å². The Morgan fingerprint density at radius 1 is 1.08 bits per heavy atom. The molecule has 0 saturated heterocycles. The van der Waals surface area contributed by atoms with E-state index < -0.39 is 0 Å². The third kappa shape index (κ3) is 4.13. The maximum Gasteiger partial charge on any atom is -0.0354 e. The van der Waals surface area contributed by atoms with Gasteiger partial charge in [-0.2, -0.15) is 0 Å². The van der Waals surface area contributed by atoms with E-state index in [1.807, 2.05) is 0 Å². The third-order valence-electron chi connectivity index (χ3n) is 3.23. The molecule has 0 aliphatic carbocycles. The lowest BCUT2D eigenvalue weighted by molar-refractivity contribution is 0.178. The van der Waals surface area contributed by atoms with Gasteiger partial charge >= 0.3 is 0 Å². The Bertz CT molecular complexity index is 108. The lowest BCUT2D eigenvalue weighted by Crippen LogP contribution is -2.23. The zero-order valence-corrected chi connectivity index (χ0v) is 9.78. The molecule has 0 bridgehead atoms. The zero-order chi connectivity index (χ0) is 9.78. The molecule has 0 aromatic rings. The van der Waals surface area contributed by atoms with E-state index in [2.05, 4.69) is 41.5 Å². The molecule has 0 spiro atoms. The summed E-state index contributed by atoms with van der Waals surface area (Å²) in [5.41, 5.74) is 0.479. The van der Waals surface area contributed by atoms with Gasteiger partial charge < -0.3 is 0 Å². The fourth-order valence-corrected chi connectivity index (χ4v) is 1.63. The van der Waals surface area contributed by atoms with Gasteiger partial charge in [0.2, 0.25) is 0 Å². The van der Waals surface area contributed by atoms with Gasteiger partial charge in [0, 0.05) is 0 Å². The number of hydrogen-bond acceptors (Lipinski definition) is 0. The third-order valence-corrected chi connectivity index (χ3v) is 3.23. The molecule has 0 amide bonds. The molecule has 0 aliphatic heterocycles. The lowest BCUT2D eigenvalue weighted by Gasteiger charge is -2.32. The quantitative estimate of drug-likeness (QED) is 0.583. The van der Waals surface area contributed by atoms with E-state index in [1.54, 1.807) is 0 Å². The lowest BCUT2D eigenvalue weighted by atomic mass is 9.73. The van der Waals surface area contributed by atoms with Crippen LogP contribution in [0.2, 0.25) is 0 Å². The van der Waals surface area contributed by atoms with Gasteiger partial charge in [-0.25, -0.2) is 0 Å². The highest BCUT2D eigenvalue weighted by molar-refractivity contribution is 4.74. The molecule has 2 unspecified atom stereocenters. The van der Waals surface area contributed by atoms with Crippen LogP contribution in [0, 0.1) is 17.3 Å². The first-order valence-electron chi connectivity index (χ1n) is 5.39. The molecule has 2 atom stereocenters. The molecule has 0 aromatic heterocycles. The van der Waals surface area contributed by atoms with Crippen LogP contribution in [0.4, 0.5) is 0 Å². The van der Waals surface area contributed by atoms with Crippen LogP contribution >= 0.6 is 0 Å². The second-order valence-corrected chi connectivity index (χ2v) is 5.27. The van der Waals surface area contributed by atoms with Crippen LogP contribution in [-0.2, 0) is 0 Å². The first-order valence-corrected chi connectivity index (χ1v) is 5.39. The van der Waals surface area contributed by atoms with E-state index in [9.17, 15) is 0 Å². The highest BCUT2D eigenvalue weighted by Crippen LogP contribution is 2.33. The van der Waals surface area contributed by atoms with Gasteiger partial charge in [0.15, 0.2) is 0 Å². The van der Waals surface area contributed by atoms with E-state index >= 15 is 0 Å². The predicted molar refractivity (Wildman–Crippen MR) is 57.3 cm³/mol. The van der Waals surface area contributed by atoms with Crippen molar-refractivity contribution in [2.24, 2.45) is 17.3 Å². The zero-order valence-electron chi connectivity index (χ0n) is 9.78. The van der Waals surface area contributed by atoms with Crippen LogP contribution < -0.4 is 0 Å². The van der Waals surface area contributed by atoms with Crippen molar-refractivity contribution in [1.82, 2.24) is 0 Å². The fraction of sp³-hybridized carbons (Fsp3) is 1.00. The molecule has 74 valence electrons. The summed E-state index contributed by atoms with van der Waals surface area (Å²) in [5.74, 6) is 1.72. The van der Waals surface area contributed by atoms with Gasteiger partial charge in [-0.3, -0.25) is 0 Å². The number of unbranched alkanes of at least 4 members (excludes halogenated alkanes) is 1. The van der Waals surface area contributed by atoms with Crippen molar-refractivity contribution in [3.8, 4) is 0 Å². The molecule has 0 radical (unpaired) electrons. The maximum atomic E-state index is 2.39. The summed E-state index contributed by atoms with van der Waals surface area (Å²) >= 11 is 0. The monoisotopic (exact) mass is 170 g/mol. The Morgan fingerprint density at radius 3 is 1.92 bits per heavy atom. The Labute approximate surface area is 78.8 Å². The summed E-state index contributed by atoms with van der Waals surface area (Å²) in [7, 11) is 0. The fourth-order valence-electron chi connectivity index (χ4n) is 1.63. The molecule has 0 aliphatic rings. The van der Waals surface area contributed by atoms with Gasteiger partial charge in [-0.15, -0.1) is 0 Å². The Kier molecular flexibility index (Phi) is 4.89. The van der Waals surface area contributed by atoms with Gasteiger partial charge in [0.25, 0.3) is 0 Å². The van der Waals surface area contributed by atoms with Crippen LogP contribution in [-0.4, -0.2) is 0 Å². The number of hydrogen-bond donors (Lipinski definition) is 0. The molecule has 0 rings (SSSR count). The van der Waals surface area contributed by atoms with Crippen molar-refractivity contribution < 1.29 is 0 Å². The van der Waals surface area contributed by atoms with E-state index in [0.717, 1.165) is 11.8 Å². The highest BCUT2D eigenvalue weighted by atomic mass is 14.3. The summed E-state index contributed by atoms with van der Waals surface area (Å²) in [5, 5.41) is 0. The Morgan fingerprint density at radius 2 is 1.58 bits per heavy atom. The molecule has 0 aromatic carbocycles. The topological polar surface area (TPSA) is 0 Å². The van der Waals surface area contributed by atoms with E-state index in [0.29, 0.717) is 5.41 Å². The molecule has 12 heavy (non-hydrogen) atoms. The van der Waals surface area contributed by atoms with Crippen molar-refractivity contribution in [3.63, 3.8) is 0 Å². The predicted octanol–water partition coefficient (Wildman–Crippen LogP) is 4.49. The average Bonchev–Trinajstić information content (AvgIpc) is 1.97. The van der Waals surface area contributed by atoms with Crippen molar-refractivity contribution in [1.29, 1.82) is 0 Å². The smallest absolute Gasteiger partial charge is 0.0354 e. The van der Waals surface area contributed by atoms with Crippen molar-refractivity contribution in [2.45, 2.75) is 60.8 Å². The van der Waals surface area contributed by atoms with Gasteiger partial charge in [0.1, 0.15) is 0 Å². The van der Waals surface area contributed by atoms with E-state index in [1.165, 1.54) is 19.3 Å². The Hall–Kier alpha value is 0. The largest absolute Gasteiger partial charge is 0.0654 e. The molecular formula is C12H26. The minimum Gasteiger partial charge on any atom is -0.0654 e. The van der Waals surface area contributed by atoms with Gasteiger partial charge in [0.05, 0.1) is 0 Å². The van der Waals surface area contributed by atoms with Crippen molar-refractivity contribution >= 4 is 0 Å². The molecule has 0 fully saturated rings. The summed E-state index contributed by atoms with van der Waals surface area (Å²) < 4.78 is 0. The van der Waals surface area contributed by atoms with E-state index in [4.69, 9.17) is 0 Å². The van der Waals surface area contributed by atoms with E-state index in [-0.39, 0.29) is 0 Å². The average molecular weight is 170 g/mol. The molecule has 0 saturated carbocycles. The first kappa shape index (κ1) is 12.0. The second-order valence-electron chi connectivity index (χ2n) is 5.27. The molecular weight excluding hydrogens is 144 g/mol. The van der Waals surface area contributed by atoms with Gasteiger partial charge in [-0.1, -0.05) is 60.8 Å². The Balaban J connectivity index is 3.84. The summed E-state index contributed by atoms with van der Waals surface area (Å²) in [6.07, 6.45) is 4.12. The van der Waals surface area contributed by atoms with Crippen LogP contribution in [0.5, 0.6) is 0 Å². The van der Waals surface area contributed by atoms with Crippen molar-refractivity contribution in [3.05, 3.63) is 0 Å². The van der Waals surface area contributed by atoms with Gasteiger partial charge in [-0.05, 0) is 17.3 Å². The minimum absolute atomic E-state index is 0.479. The molecule has 0 nitrogen and oxygen atoms in total. The summed E-state index contributed by atoms with van der Waals surface area (Å²) in [4.78, 5) is 0. The second kappa shape index (κ2) is 4.89. The van der Waals surface area contributed by atoms with Crippen LogP contribution in [0.1, 0.15) is 60.8 Å². The molecule has 0 N–H and O–H groups in total. The molecule has 0 heteroatoms. The number of rotatable bonds is 4. The van der Waals surface area contributed by atoms with Crippen molar-refractivity contribution in [2.75, 3.05) is 0 Å². The summed E-state index contributed by atoms with van der Waals surface area (Å²) in [6.45, 7) is 14.1. The minimum atomic E-state index is 0.479. The van der Waals surface area contributed by atoms with Crippen LogP contribution in [0.25, 0.3) is 0 Å². The molecule has 0 heterocycles.